The molecular formula is C22H20BrN5O2. The van der Waals surface area contributed by atoms with Gasteiger partial charge in [0, 0.05) is 28.2 Å². The molecular weight excluding hydrogens is 446 g/mol. The van der Waals surface area contributed by atoms with Crippen molar-refractivity contribution in [2.24, 2.45) is 0 Å². The van der Waals surface area contributed by atoms with Crippen molar-refractivity contribution in [2.75, 3.05) is 19.5 Å². The van der Waals surface area contributed by atoms with Crippen LogP contribution in [0.2, 0.25) is 0 Å². The lowest BCUT2D eigenvalue weighted by molar-refractivity contribution is 0.391. The summed E-state index contributed by atoms with van der Waals surface area (Å²) in [6.45, 7) is 2.53. The van der Waals surface area contributed by atoms with Gasteiger partial charge in [0.05, 0.1) is 20.4 Å². The summed E-state index contributed by atoms with van der Waals surface area (Å²) in [6.07, 6.45) is 3.19. The van der Waals surface area contributed by atoms with E-state index in [1.807, 2.05) is 43.3 Å². The quantitative estimate of drug-likeness (QED) is 0.438. The number of ether oxygens (including phenoxy) is 2. The fourth-order valence-electron chi connectivity index (χ4n) is 3.14. The van der Waals surface area contributed by atoms with Gasteiger partial charge < -0.3 is 14.8 Å². The molecule has 30 heavy (non-hydrogen) atoms. The van der Waals surface area contributed by atoms with Gasteiger partial charge in [-0.25, -0.2) is 19.9 Å². The summed E-state index contributed by atoms with van der Waals surface area (Å²) >= 11 is 3.53. The smallest absolute Gasteiger partial charge is 0.162 e. The molecule has 0 amide bonds. The number of aryl methyl sites for hydroxylation is 1. The second-order valence-corrected chi connectivity index (χ2v) is 7.56. The average Bonchev–Trinajstić information content (AvgIpc) is 2.78. The van der Waals surface area contributed by atoms with Crippen molar-refractivity contribution in [1.29, 1.82) is 0 Å². The summed E-state index contributed by atoms with van der Waals surface area (Å²) in [5.41, 5.74) is 4.33. The van der Waals surface area contributed by atoms with E-state index < -0.39 is 0 Å². The van der Waals surface area contributed by atoms with Crippen LogP contribution in [0.3, 0.4) is 0 Å². The van der Waals surface area contributed by atoms with Crippen molar-refractivity contribution < 1.29 is 9.47 Å². The van der Waals surface area contributed by atoms with Gasteiger partial charge in [0.1, 0.15) is 28.9 Å². The number of halogens is 1. The molecule has 7 nitrogen and oxygen atoms in total. The number of aromatic nitrogens is 4. The van der Waals surface area contributed by atoms with Crippen LogP contribution in [0.4, 0.5) is 5.82 Å². The highest BCUT2D eigenvalue weighted by Gasteiger charge is 2.14. The molecule has 0 saturated carbocycles. The van der Waals surface area contributed by atoms with Crippen LogP contribution in [-0.4, -0.2) is 34.2 Å². The van der Waals surface area contributed by atoms with Crippen molar-refractivity contribution in [1.82, 2.24) is 19.9 Å². The molecule has 1 N–H and O–H groups in total. The average molecular weight is 466 g/mol. The van der Waals surface area contributed by atoms with E-state index in [9.17, 15) is 0 Å². The second-order valence-electron chi connectivity index (χ2n) is 6.64. The number of hydrogen-bond acceptors (Lipinski definition) is 7. The summed E-state index contributed by atoms with van der Waals surface area (Å²) < 4.78 is 11.7. The molecule has 2 aromatic heterocycles. The van der Waals surface area contributed by atoms with Crippen LogP contribution in [0, 0.1) is 6.92 Å². The Morgan fingerprint density at radius 2 is 1.90 bits per heavy atom. The standard InChI is InChI=1S/C22H20BrN5O2/c1-13-4-6-15(23)8-17(13)21-27-18-11-24-12-26-20(18)22(28-21)25-10-14-5-7-16(29-2)9-19(14)30-3/h4-9,11-12H,10H2,1-3H3,(H,25,27,28). The maximum absolute atomic E-state index is 5.50. The Labute approximate surface area is 182 Å². The molecule has 4 aromatic rings. The molecule has 0 spiro atoms. The lowest BCUT2D eigenvalue weighted by Crippen LogP contribution is -2.07. The molecule has 0 aliphatic heterocycles. The molecule has 0 radical (unpaired) electrons. The van der Waals surface area contributed by atoms with Gasteiger partial charge in [-0.3, -0.25) is 0 Å². The third kappa shape index (κ3) is 4.04. The Kier molecular flexibility index (Phi) is 5.76. The monoisotopic (exact) mass is 465 g/mol. The Bertz CT molecular complexity index is 1220. The van der Waals surface area contributed by atoms with Gasteiger partial charge in [-0.2, -0.15) is 0 Å². The Balaban J connectivity index is 1.74. The van der Waals surface area contributed by atoms with Gasteiger partial charge >= 0.3 is 0 Å². The summed E-state index contributed by atoms with van der Waals surface area (Å²) in [4.78, 5) is 18.0. The van der Waals surface area contributed by atoms with Gasteiger partial charge in [-0.1, -0.05) is 22.0 Å². The molecule has 0 fully saturated rings. The Hall–Kier alpha value is -3.26. The number of nitrogens with zero attached hydrogens (tertiary/aromatic N) is 4. The first-order chi connectivity index (χ1) is 14.6. The van der Waals surface area contributed by atoms with Crippen LogP contribution in [-0.2, 0) is 6.54 Å². The van der Waals surface area contributed by atoms with E-state index in [2.05, 4.69) is 36.2 Å². The van der Waals surface area contributed by atoms with E-state index in [4.69, 9.17) is 14.5 Å². The molecule has 0 atom stereocenters. The highest BCUT2D eigenvalue weighted by Crippen LogP contribution is 2.29. The van der Waals surface area contributed by atoms with Gasteiger partial charge in [0.2, 0.25) is 0 Å². The minimum atomic E-state index is 0.500. The zero-order valence-corrected chi connectivity index (χ0v) is 18.4. The molecule has 2 heterocycles. The number of anilines is 1. The number of hydrogen-bond donors (Lipinski definition) is 1. The van der Waals surface area contributed by atoms with E-state index in [1.165, 1.54) is 6.33 Å². The van der Waals surface area contributed by atoms with E-state index >= 15 is 0 Å². The summed E-state index contributed by atoms with van der Waals surface area (Å²) in [5, 5.41) is 3.39. The molecule has 2 aromatic carbocycles. The predicted molar refractivity (Wildman–Crippen MR) is 120 cm³/mol. The molecule has 0 unspecified atom stereocenters. The fourth-order valence-corrected chi connectivity index (χ4v) is 3.50. The molecule has 0 aliphatic carbocycles. The Morgan fingerprint density at radius 1 is 1.03 bits per heavy atom. The molecule has 4 rings (SSSR count). The van der Waals surface area contributed by atoms with Crippen LogP contribution in [0.1, 0.15) is 11.1 Å². The van der Waals surface area contributed by atoms with Gasteiger partial charge in [-0.05, 0) is 36.8 Å². The molecule has 0 saturated heterocycles. The van der Waals surface area contributed by atoms with E-state index in [0.29, 0.717) is 29.2 Å². The van der Waals surface area contributed by atoms with E-state index in [0.717, 1.165) is 32.7 Å². The number of nitrogens with one attached hydrogen (secondary N) is 1. The Morgan fingerprint density at radius 3 is 2.70 bits per heavy atom. The largest absolute Gasteiger partial charge is 0.497 e. The number of fused-ring (bicyclic) bond motifs is 1. The topological polar surface area (TPSA) is 82.0 Å². The maximum Gasteiger partial charge on any atom is 0.162 e. The number of methoxy groups -OCH3 is 2. The minimum Gasteiger partial charge on any atom is -0.497 e. The molecule has 0 aliphatic rings. The first-order valence-electron chi connectivity index (χ1n) is 9.28. The van der Waals surface area contributed by atoms with Crippen LogP contribution >= 0.6 is 15.9 Å². The van der Waals surface area contributed by atoms with Crippen molar-refractivity contribution in [3.8, 4) is 22.9 Å². The van der Waals surface area contributed by atoms with Crippen molar-refractivity contribution in [3.63, 3.8) is 0 Å². The van der Waals surface area contributed by atoms with Crippen molar-refractivity contribution >= 4 is 32.8 Å². The minimum absolute atomic E-state index is 0.500. The lowest BCUT2D eigenvalue weighted by atomic mass is 10.1. The highest BCUT2D eigenvalue weighted by atomic mass is 79.9. The normalized spacial score (nSPS) is 10.8. The summed E-state index contributed by atoms with van der Waals surface area (Å²) in [7, 11) is 3.27. The maximum atomic E-state index is 5.50. The SMILES string of the molecule is COc1ccc(CNc2nc(-c3cc(Br)ccc3C)nc3cncnc23)c(OC)c1. The fraction of sp³-hybridized carbons (Fsp3) is 0.182. The summed E-state index contributed by atoms with van der Waals surface area (Å²) in [6, 6.07) is 11.8. The van der Waals surface area contributed by atoms with Crippen LogP contribution in [0.15, 0.2) is 53.4 Å². The van der Waals surface area contributed by atoms with E-state index in [-0.39, 0.29) is 0 Å². The van der Waals surface area contributed by atoms with E-state index in [1.54, 1.807) is 20.4 Å². The molecule has 0 bridgehead atoms. The van der Waals surface area contributed by atoms with Crippen LogP contribution in [0.25, 0.3) is 22.4 Å². The van der Waals surface area contributed by atoms with Crippen LogP contribution < -0.4 is 14.8 Å². The van der Waals surface area contributed by atoms with Crippen molar-refractivity contribution in [2.45, 2.75) is 13.5 Å². The second kappa shape index (κ2) is 8.62. The van der Waals surface area contributed by atoms with Crippen LogP contribution in [0.5, 0.6) is 11.5 Å². The third-order valence-corrected chi connectivity index (χ3v) is 5.24. The first kappa shape index (κ1) is 20.0. The number of rotatable bonds is 6. The van der Waals surface area contributed by atoms with Crippen molar-refractivity contribution in [3.05, 3.63) is 64.5 Å². The zero-order valence-electron chi connectivity index (χ0n) is 16.8. The molecule has 152 valence electrons. The first-order valence-corrected chi connectivity index (χ1v) is 10.1. The van der Waals surface area contributed by atoms with Gasteiger partial charge in [0.25, 0.3) is 0 Å². The highest BCUT2D eigenvalue weighted by molar-refractivity contribution is 9.10. The third-order valence-electron chi connectivity index (χ3n) is 4.74. The number of benzene rings is 2. The van der Waals surface area contributed by atoms with Gasteiger partial charge in [0.15, 0.2) is 11.6 Å². The van der Waals surface area contributed by atoms with Gasteiger partial charge in [-0.15, -0.1) is 0 Å². The molecule has 8 heteroatoms. The summed E-state index contributed by atoms with van der Waals surface area (Å²) in [5.74, 6) is 2.72. The predicted octanol–water partition coefficient (Wildman–Crippen LogP) is 4.79. The lowest BCUT2D eigenvalue weighted by Gasteiger charge is -2.14. The zero-order chi connectivity index (χ0) is 21.1.